The molecule has 0 radical (unpaired) electrons. The summed E-state index contributed by atoms with van der Waals surface area (Å²) < 4.78 is 6.48. The number of hydrogen-bond acceptors (Lipinski definition) is 4. The van der Waals surface area contributed by atoms with Crippen molar-refractivity contribution in [2.75, 3.05) is 6.61 Å². The second-order valence-electron chi connectivity index (χ2n) is 5.78. The molecule has 1 unspecified atom stereocenters. The number of allylic oxidation sites excluding steroid dienone is 2. The third-order valence-electron chi connectivity index (χ3n) is 3.99. The summed E-state index contributed by atoms with van der Waals surface area (Å²) in [6, 6.07) is 8.78. The van der Waals surface area contributed by atoms with E-state index in [-0.39, 0.29) is 5.56 Å². The molecule has 3 rings (SSSR count). The van der Waals surface area contributed by atoms with Crippen molar-refractivity contribution >= 4 is 5.97 Å². The van der Waals surface area contributed by atoms with Gasteiger partial charge in [0.25, 0.3) is 11.1 Å². The Balaban J connectivity index is 1.76. The van der Waals surface area contributed by atoms with E-state index in [2.05, 4.69) is 17.3 Å². The van der Waals surface area contributed by atoms with Crippen LogP contribution < -0.4 is 11.1 Å². The number of carbonyl (C=O) groups is 1. The minimum atomic E-state index is -0.433. The zero-order valence-corrected chi connectivity index (χ0v) is 13.1. The number of ether oxygens (including phenoxy) is 1. The number of nitrogens with zero attached hydrogens (tertiary/aromatic N) is 1. The molecule has 0 fully saturated rings. The summed E-state index contributed by atoms with van der Waals surface area (Å²) in [5, 5.41) is 2.43. The Morgan fingerprint density at radius 1 is 1.21 bits per heavy atom. The predicted molar refractivity (Wildman–Crippen MR) is 89.4 cm³/mol. The van der Waals surface area contributed by atoms with Gasteiger partial charge in [0.1, 0.15) is 0 Å². The van der Waals surface area contributed by atoms with E-state index in [1.54, 1.807) is 18.2 Å². The standard InChI is InChI=1S/C18H18N2O4/c21-16-9-10-17(22)20(19-16)15-8-4-7-14(11-15)18(23)24-12-13-5-2-1-3-6-13/h1-2,4,7-11,13H,3,5-6,12H2,(H,19,21). The summed E-state index contributed by atoms with van der Waals surface area (Å²) in [5.74, 6) is -0.0760. The van der Waals surface area contributed by atoms with Crippen molar-refractivity contribution in [2.24, 2.45) is 5.92 Å². The number of aromatic nitrogens is 2. The van der Waals surface area contributed by atoms with Crippen LogP contribution in [0.1, 0.15) is 29.6 Å². The van der Waals surface area contributed by atoms with Crippen molar-refractivity contribution in [1.29, 1.82) is 0 Å². The summed E-state index contributed by atoms with van der Waals surface area (Å²) >= 11 is 0. The molecule has 6 nitrogen and oxygen atoms in total. The van der Waals surface area contributed by atoms with E-state index in [0.717, 1.165) is 30.0 Å². The smallest absolute Gasteiger partial charge is 0.338 e. The molecule has 124 valence electrons. The largest absolute Gasteiger partial charge is 0.462 e. The van der Waals surface area contributed by atoms with Crippen LogP contribution in [0, 0.1) is 5.92 Å². The van der Waals surface area contributed by atoms with Crippen molar-refractivity contribution in [3.8, 4) is 5.69 Å². The summed E-state index contributed by atoms with van der Waals surface area (Å²) in [7, 11) is 0. The molecule has 1 aliphatic rings. The van der Waals surface area contributed by atoms with E-state index < -0.39 is 11.5 Å². The Labute approximate surface area is 138 Å². The summed E-state index contributed by atoms with van der Waals surface area (Å²) in [4.78, 5) is 35.5. The molecule has 1 N–H and O–H groups in total. The minimum Gasteiger partial charge on any atom is -0.462 e. The second-order valence-corrected chi connectivity index (χ2v) is 5.78. The summed E-state index contributed by atoms with van der Waals surface area (Å²) in [6.45, 7) is 0.384. The molecule has 24 heavy (non-hydrogen) atoms. The maximum atomic E-state index is 12.2. The molecule has 1 aromatic carbocycles. The highest BCUT2D eigenvalue weighted by Gasteiger charge is 2.14. The number of esters is 1. The van der Waals surface area contributed by atoms with E-state index in [0.29, 0.717) is 23.8 Å². The first-order chi connectivity index (χ1) is 11.6. The topological polar surface area (TPSA) is 81.2 Å². The van der Waals surface area contributed by atoms with Crippen LogP contribution in [0.25, 0.3) is 5.69 Å². The Bertz CT molecular complexity index is 879. The van der Waals surface area contributed by atoms with Crippen LogP contribution in [-0.2, 0) is 4.74 Å². The van der Waals surface area contributed by atoms with E-state index in [4.69, 9.17) is 4.74 Å². The number of nitrogens with one attached hydrogen (secondary N) is 1. The Kier molecular flexibility index (Phi) is 4.74. The Morgan fingerprint density at radius 3 is 2.88 bits per heavy atom. The monoisotopic (exact) mass is 326 g/mol. The Morgan fingerprint density at radius 2 is 2.08 bits per heavy atom. The van der Waals surface area contributed by atoms with Gasteiger partial charge in [-0.15, -0.1) is 0 Å². The van der Waals surface area contributed by atoms with Crippen LogP contribution in [0.15, 0.2) is 58.1 Å². The molecule has 0 saturated heterocycles. The molecular formula is C18H18N2O4. The lowest BCUT2D eigenvalue weighted by Crippen LogP contribution is -2.26. The lowest BCUT2D eigenvalue weighted by molar-refractivity contribution is 0.0432. The molecule has 0 spiro atoms. The molecule has 0 saturated carbocycles. The minimum absolute atomic E-state index is 0.343. The number of carbonyl (C=O) groups excluding carboxylic acids is 1. The second kappa shape index (κ2) is 7.12. The summed E-state index contributed by atoms with van der Waals surface area (Å²) in [6.07, 6.45) is 7.21. The highest BCUT2D eigenvalue weighted by Crippen LogP contribution is 2.19. The van der Waals surface area contributed by atoms with Gasteiger partial charge in [-0.25, -0.2) is 9.48 Å². The van der Waals surface area contributed by atoms with E-state index in [1.165, 1.54) is 12.1 Å². The SMILES string of the molecule is O=C(OCC1CC=CCC1)c1cccc(-n2[nH]c(=O)ccc2=O)c1. The van der Waals surface area contributed by atoms with Gasteiger partial charge in [0.2, 0.25) is 0 Å². The first-order valence-electron chi connectivity index (χ1n) is 7.88. The molecule has 2 aromatic rings. The van der Waals surface area contributed by atoms with Gasteiger partial charge >= 0.3 is 5.97 Å². The fourth-order valence-corrected chi connectivity index (χ4v) is 2.67. The quantitative estimate of drug-likeness (QED) is 0.688. The highest BCUT2D eigenvalue weighted by molar-refractivity contribution is 5.90. The maximum absolute atomic E-state index is 12.2. The van der Waals surface area contributed by atoms with E-state index in [9.17, 15) is 14.4 Å². The van der Waals surface area contributed by atoms with Crippen LogP contribution in [0.4, 0.5) is 0 Å². The van der Waals surface area contributed by atoms with Crippen LogP contribution in [0.5, 0.6) is 0 Å². The molecular weight excluding hydrogens is 308 g/mol. The lowest BCUT2D eigenvalue weighted by Gasteiger charge is -2.17. The highest BCUT2D eigenvalue weighted by atomic mass is 16.5. The van der Waals surface area contributed by atoms with Crippen molar-refractivity contribution in [1.82, 2.24) is 9.78 Å². The number of rotatable bonds is 4. The first-order valence-corrected chi connectivity index (χ1v) is 7.88. The average molecular weight is 326 g/mol. The molecule has 0 bridgehead atoms. The van der Waals surface area contributed by atoms with Crippen molar-refractivity contribution in [3.63, 3.8) is 0 Å². The van der Waals surface area contributed by atoms with Gasteiger partial charge in [0.15, 0.2) is 0 Å². The first kappa shape index (κ1) is 16.0. The van der Waals surface area contributed by atoms with Crippen LogP contribution in [0.2, 0.25) is 0 Å². The molecule has 1 aliphatic carbocycles. The van der Waals surface area contributed by atoms with Gasteiger partial charge in [0, 0.05) is 12.1 Å². The van der Waals surface area contributed by atoms with E-state index >= 15 is 0 Å². The van der Waals surface area contributed by atoms with Crippen molar-refractivity contribution < 1.29 is 9.53 Å². The van der Waals surface area contributed by atoms with Crippen molar-refractivity contribution in [3.05, 3.63) is 74.8 Å². The fraction of sp³-hybridized carbons (Fsp3) is 0.278. The van der Waals surface area contributed by atoms with Gasteiger partial charge in [-0.3, -0.25) is 14.7 Å². The van der Waals surface area contributed by atoms with Crippen LogP contribution >= 0.6 is 0 Å². The molecule has 0 amide bonds. The molecule has 0 aliphatic heterocycles. The fourth-order valence-electron chi connectivity index (χ4n) is 2.67. The molecule has 1 aromatic heterocycles. The van der Waals surface area contributed by atoms with Gasteiger partial charge in [-0.2, -0.15) is 0 Å². The Hall–Kier alpha value is -2.89. The van der Waals surface area contributed by atoms with E-state index in [1.807, 2.05) is 0 Å². The third-order valence-corrected chi connectivity index (χ3v) is 3.99. The maximum Gasteiger partial charge on any atom is 0.338 e. The lowest BCUT2D eigenvalue weighted by atomic mass is 9.95. The predicted octanol–water partition coefficient (Wildman–Crippen LogP) is 2.04. The molecule has 6 heteroatoms. The van der Waals surface area contributed by atoms with Gasteiger partial charge in [-0.1, -0.05) is 18.2 Å². The summed E-state index contributed by atoms with van der Waals surface area (Å²) in [5.41, 5.74) is -0.0229. The van der Waals surface area contributed by atoms with Gasteiger partial charge in [-0.05, 0) is 43.4 Å². The number of benzene rings is 1. The van der Waals surface area contributed by atoms with Crippen LogP contribution in [-0.4, -0.2) is 22.4 Å². The zero-order chi connectivity index (χ0) is 16.9. The number of hydrogen-bond donors (Lipinski definition) is 1. The van der Waals surface area contributed by atoms with Gasteiger partial charge < -0.3 is 4.74 Å². The average Bonchev–Trinajstić information content (AvgIpc) is 2.62. The van der Waals surface area contributed by atoms with Crippen molar-refractivity contribution in [2.45, 2.75) is 19.3 Å². The third kappa shape index (κ3) is 3.71. The normalized spacial score (nSPS) is 16.8. The van der Waals surface area contributed by atoms with Gasteiger partial charge in [0.05, 0.1) is 17.9 Å². The number of aromatic amines is 1. The molecule has 1 atom stereocenters. The number of H-pyrrole nitrogens is 1. The van der Waals surface area contributed by atoms with Crippen LogP contribution in [0.3, 0.4) is 0 Å². The zero-order valence-electron chi connectivity index (χ0n) is 13.1. The molecule has 1 heterocycles.